The zero-order valence-corrected chi connectivity index (χ0v) is 14.5. The number of halogens is 2. The van der Waals surface area contributed by atoms with E-state index in [-0.39, 0.29) is 0 Å². The van der Waals surface area contributed by atoms with Crippen molar-refractivity contribution in [1.82, 2.24) is 5.32 Å². The number of hydrogen-bond acceptors (Lipinski definition) is 3. The van der Waals surface area contributed by atoms with Gasteiger partial charge in [0.05, 0.1) is 16.1 Å². The van der Waals surface area contributed by atoms with Crippen LogP contribution in [0.1, 0.15) is 18.4 Å². The van der Waals surface area contributed by atoms with Gasteiger partial charge in [-0.15, -0.1) is 0 Å². The number of ether oxygens (including phenoxy) is 1. The third-order valence-electron chi connectivity index (χ3n) is 3.28. The summed E-state index contributed by atoms with van der Waals surface area (Å²) in [6, 6.07) is 4.21. The van der Waals surface area contributed by atoms with Crippen molar-refractivity contribution < 1.29 is 4.74 Å². The van der Waals surface area contributed by atoms with Gasteiger partial charge in [0.2, 0.25) is 0 Å². The first-order valence-corrected chi connectivity index (χ1v) is 8.69. The molecule has 5 heteroatoms. The van der Waals surface area contributed by atoms with Crippen molar-refractivity contribution in [3.8, 4) is 5.75 Å². The monoisotopic (exact) mass is 393 g/mol. The summed E-state index contributed by atoms with van der Waals surface area (Å²) >= 11 is 9.04. The maximum absolute atomic E-state index is 5.30. The van der Waals surface area contributed by atoms with Gasteiger partial charge in [-0.05, 0) is 68.7 Å². The first kappa shape index (κ1) is 14.7. The molecule has 18 heavy (non-hydrogen) atoms. The highest BCUT2D eigenvalue weighted by molar-refractivity contribution is 9.11. The Morgan fingerprint density at radius 3 is 2.39 bits per heavy atom. The second-order valence-corrected chi connectivity index (χ2v) is 7.57. The van der Waals surface area contributed by atoms with Crippen LogP contribution in [-0.4, -0.2) is 24.7 Å². The van der Waals surface area contributed by atoms with E-state index >= 15 is 0 Å². The molecular formula is C13H17Br2NOS. The second-order valence-electron chi connectivity index (χ2n) is 4.58. The molecule has 1 aromatic carbocycles. The second kappa shape index (κ2) is 6.16. The quantitative estimate of drug-likeness (QED) is 0.780. The summed E-state index contributed by atoms with van der Waals surface area (Å²) in [5.74, 6) is 0.849. The lowest BCUT2D eigenvalue weighted by Crippen LogP contribution is -2.25. The fraction of sp³-hybridized carbons (Fsp3) is 0.538. The first-order chi connectivity index (χ1) is 8.60. The van der Waals surface area contributed by atoms with Crippen LogP contribution in [0.2, 0.25) is 0 Å². The standard InChI is InChI=1S/C13H17Br2NOS/c1-17-12-10(14)5-9(6-11(12)15)7-16-8-13(18-2)3-4-13/h5-6,16H,3-4,7-8H2,1-2H3. The summed E-state index contributed by atoms with van der Waals surface area (Å²) in [5.41, 5.74) is 1.26. The molecular weight excluding hydrogens is 378 g/mol. The molecule has 1 aromatic rings. The summed E-state index contributed by atoms with van der Waals surface area (Å²) in [6.07, 6.45) is 4.89. The lowest BCUT2D eigenvalue weighted by molar-refractivity contribution is 0.409. The molecule has 0 heterocycles. The summed E-state index contributed by atoms with van der Waals surface area (Å²) < 4.78 is 7.79. The molecule has 0 spiro atoms. The van der Waals surface area contributed by atoms with Gasteiger partial charge >= 0.3 is 0 Å². The number of thioether (sulfide) groups is 1. The zero-order chi connectivity index (χ0) is 13.2. The molecule has 0 aromatic heterocycles. The van der Waals surface area contributed by atoms with Crippen LogP contribution in [0, 0.1) is 0 Å². The van der Waals surface area contributed by atoms with Crippen molar-refractivity contribution in [1.29, 1.82) is 0 Å². The predicted octanol–water partition coefficient (Wildman–Crippen LogP) is 4.21. The van der Waals surface area contributed by atoms with E-state index in [4.69, 9.17) is 4.74 Å². The minimum absolute atomic E-state index is 0.515. The average molecular weight is 395 g/mol. The largest absolute Gasteiger partial charge is 0.494 e. The Kier molecular flexibility index (Phi) is 5.03. The van der Waals surface area contributed by atoms with Crippen LogP contribution in [-0.2, 0) is 6.54 Å². The molecule has 0 bridgehead atoms. The van der Waals surface area contributed by atoms with Gasteiger partial charge in [0.15, 0.2) is 0 Å². The third-order valence-corrected chi connectivity index (χ3v) is 5.88. The molecule has 1 aliphatic carbocycles. The highest BCUT2D eigenvalue weighted by atomic mass is 79.9. The van der Waals surface area contributed by atoms with E-state index in [0.29, 0.717) is 4.75 Å². The van der Waals surface area contributed by atoms with Crippen LogP contribution in [0.5, 0.6) is 5.75 Å². The average Bonchev–Trinajstić information content (AvgIpc) is 3.09. The van der Waals surface area contributed by atoms with Crippen LogP contribution in [0.15, 0.2) is 21.1 Å². The predicted molar refractivity (Wildman–Crippen MR) is 85.6 cm³/mol. The highest BCUT2D eigenvalue weighted by Gasteiger charge is 2.41. The van der Waals surface area contributed by atoms with Crippen molar-refractivity contribution in [2.75, 3.05) is 19.9 Å². The topological polar surface area (TPSA) is 21.3 Å². The van der Waals surface area contributed by atoms with Crippen LogP contribution in [0.25, 0.3) is 0 Å². The number of methoxy groups -OCH3 is 1. The summed E-state index contributed by atoms with van der Waals surface area (Å²) in [7, 11) is 1.68. The lowest BCUT2D eigenvalue weighted by Gasteiger charge is -2.14. The van der Waals surface area contributed by atoms with Crippen LogP contribution in [0.3, 0.4) is 0 Å². The normalized spacial score (nSPS) is 16.7. The molecule has 0 radical (unpaired) electrons. The molecule has 0 saturated heterocycles. The van der Waals surface area contributed by atoms with Gasteiger partial charge < -0.3 is 10.1 Å². The third kappa shape index (κ3) is 3.44. The fourth-order valence-electron chi connectivity index (χ4n) is 1.94. The first-order valence-electron chi connectivity index (χ1n) is 5.88. The van der Waals surface area contributed by atoms with Crippen molar-refractivity contribution in [2.45, 2.75) is 24.1 Å². The van der Waals surface area contributed by atoms with E-state index in [0.717, 1.165) is 27.8 Å². The Balaban J connectivity index is 1.93. The van der Waals surface area contributed by atoms with Gasteiger partial charge in [-0.2, -0.15) is 11.8 Å². The van der Waals surface area contributed by atoms with Crippen LogP contribution >= 0.6 is 43.6 Å². The molecule has 2 nitrogen and oxygen atoms in total. The maximum atomic E-state index is 5.30. The van der Waals surface area contributed by atoms with E-state index in [1.54, 1.807) is 7.11 Å². The molecule has 100 valence electrons. The molecule has 1 saturated carbocycles. The molecule has 0 unspecified atom stereocenters. The Morgan fingerprint density at radius 2 is 1.94 bits per heavy atom. The van der Waals surface area contributed by atoms with Crippen molar-refractivity contribution >= 4 is 43.6 Å². The number of hydrogen-bond donors (Lipinski definition) is 1. The molecule has 0 atom stereocenters. The number of nitrogens with one attached hydrogen (secondary N) is 1. The SMILES string of the molecule is COc1c(Br)cc(CNCC2(SC)CC2)cc1Br. The Morgan fingerprint density at radius 1 is 1.33 bits per heavy atom. The van der Waals surface area contributed by atoms with Crippen molar-refractivity contribution in [2.24, 2.45) is 0 Å². The van der Waals surface area contributed by atoms with Gasteiger partial charge in [-0.3, -0.25) is 0 Å². The lowest BCUT2D eigenvalue weighted by atomic mass is 10.2. The summed E-state index contributed by atoms with van der Waals surface area (Å²) in [4.78, 5) is 0. The number of rotatable bonds is 6. The van der Waals surface area contributed by atoms with E-state index < -0.39 is 0 Å². The summed E-state index contributed by atoms with van der Waals surface area (Å²) in [6.45, 7) is 1.99. The Bertz CT molecular complexity index is 412. The Hall–Kier alpha value is 0.290. The van der Waals surface area contributed by atoms with Gasteiger partial charge in [-0.1, -0.05) is 0 Å². The fourth-order valence-corrected chi connectivity index (χ4v) is 4.30. The minimum atomic E-state index is 0.515. The van der Waals surface area contributed by atoms with E-state index in [1.165, 1.54) is 18.4 Å². The van der Waals surface area contributed by atoms with Crippen LogP contribution in [0.4, 0.5) is 0 Å². The van der Waals surface area contributed by atoms with E-state index in [1.807, 2.05) is 11.8 Å². The van der Waals surface area contributed by atoms with E-state index in [9.17, 15) is 0 Å². The molecule has 1 N–H and O–H groups in total. The molecule has 1 fully saturated rings. The van der Waals surface area contributed by atoms with Crippen molar-refractivity contribution in [3.63, 3.8) is 0 Å². The minimum Gasteiger partial charge on any atom is -0.494 e. The number of benzene rings is 1. The zero-order valence-electron chi connectivity index (χ0n) is 10.6. The Labute approximate surface area is 130 Å². The van der Waals surface area contributed by atoms with Gasteiger partial charge in [0.1, 0.15) is 5.75 Å². The molecule has 2 rings (SSSR count). The summed E-state index contributed by atoms with van der Waals surface area (Å²) in [5, 5.41) is 3.54. The van der Waals surface area contributed by atoms with Gasteiger partial charge in [0.25, 0.3) is 0 Å². The van der Waals surface area contributed by atoms with Gasteiger partial charge in [-0.25, -0.2) is 0 Å². The van der Waals surface area contributed by atoms with E-state index in [2.05, 4.69) is 55.6 Å². The highest BCUT2D eigenvalue weighted by Crippen LogP contribution is 2.46. The molecule has 0 amide bonds. The molecule has 1 aliphatic rings. The van der Waals surface area contributed by atoms with Gasteiger partial charge in [0, 0.05) is 17.8 Å². The van der Waals surface area contributed by atoms with Crippen molar-refractivity contribution in [3.05, 3.63) is 26.6 Å². The molecule has 0 aliphatic heterocycles. The van der Waals surface area contributed by atoms with Crippen LogP contribution < -0.4 is 10.1 Å². The maximum Gasteiger partial charge on any atom is 0.147 e. The smallest absolute Gasteiger partial charge is 0.147 e.